The number of nitrogens with zero attached hydrogens (tertiary/aromatic N) is 3. The Labute approximate surface area is 392 Å². The van der Waals surface area contributed by atoms with E-state index in [0.717, 1.165) is 71.4 Å². The SMILES string of the molecule is C=CC.CC.CC.Cc1ccc(-c2ccc3c(c2)c2ccccc2n3-c2cc(-c3cccc(C#N)c3)c(C(F)(F)F)cc2-n2c3ccccc3c3cc(-c4ccc(C)cc4C)ccc32)c(C)c1. The van der Waals surface area contributed by atoms with Gasteiger partial charge >= 0.3 is 6.18 Å². The molecule has 0 radical (unpaired) electrons. The highest BCUT2D eigenvalue weighted by molar-refractivity contribution is 6.13. The second-order valence-electron chi connectivity index (χ2n) is 16.3. The molecule has 2 aromatic heterocycles. The van der Waals surface area contributed by atoms with Gasteiger partial charge in [0, 0.05) is 21.5 Å². The minimum absolute atomic E-state index is 0.00548. The summed E-state index contributed by atoms with van der Waals surface area (Å²) in [4.78, 5) is 0. The largest absolute Gasteiger partial charge is 0.417 e. The molecule has 0 aliphatic heterocycles. The number of fused-ring (bicyclic) bond motifs is 6. The highest BCUT2D eigenvalue weighted by Crippen LogP contribution is 2.46. The number of rotatable bonds is 5. The van der Waals surface area contributed by atoms with E-state index in [1.54, 1.807) is 30.3 Å². The molecule has 10 aromatic rings. The Hall–Kier alpha value is -7.62. The first-order chi connectivity index (χ1) is 32.4. The summed E-state index contributed by atoms with van der Waals surface area (Å²) >= 11 is 0. The number of halogens is 3. The Morgan fingerprint density at radius 2 is 0.910 bits per heavy atom. The van der Waals surface area contributed by atoms with Gasteiger partial charge in [0.25, 0.3) is 0 Å². The van der Waals surface area contributed by atoms with Gasteiger partial charge < -0.3 is 9.13 Å². The van der Waals surface area contributed by atoms with Gasteiger partial charge in [-0.15, -0.1) is 6.58 Å². The van der Waals surface area contributed by atoms with Gasteiger partial charge in [0.1, 0.15) is 0 Å². The zero-order valence-corrected chi connectivity index (χ0v) is 39.8. The predicted molar refractivity (Wildman–Crippen MR) is 279 cm³/mol. The van der Waals surface area contributed by atoms with E-state index >= 15 is 13.2 Å². The van der Waals surface area contributed by atoms with Crippen LogP contribution in [0.25, 0.3) is 88.4 Å². The van der Waals surface area contributed by atoms with Crippen LogP contribution in [0.15, 0.2) is 170 Å². The Balaban J connectivity index is 0.000000905. The standard InChI is InChI=1S/C54H38F3N3.C3H6.2C2H6/c1-32-16-20-40(34(3)24-32)38-18-22-50-45(27-38)42-12-5-7-14-48(42)59(50)52-29-44(37-11-9-10-36(26-37)31-58)47(54(55,56)57)30-53(52)60-49-15-8-6-13-43(49)46-28-39(19-23-51(46)60)41-21-17-33(2)25-35(41)4;1-3-2;2*1-2/h5-30H,1-4H3;3H,1H2,2H3;2*1-2H3. The molecule has 2 heterocycles. The van der Waals surface area contributed by atoms with Gasteiger partial charge in [-0.1, -0.05) is 142 Å². The molecule has 67 heavy (non-hydrogen) atoms. The van der Waals surface area contributed by atoms with Crippen LogP contribution < -0.4 is 0 Å². The summed E-state index contributed by atoms with van der Waals surface area (Å²) in [6.45, 7) is 21.6. The van der Waals surface area contributed by atoms with Crippen molar-refractivity contribution in [3.63, 3.8) is 0 Å². The summed E-state index contributed by atoms with van der Waals surface area (Å²) in [7, 11) is 0. The molecule has 0 saturated carbocycles. The van der Waals surface area contributed by atoms with Crippen LogP contribution >= 0.6 is 0 Å². The third kappa shape index (κ3) is 8.90. The zero-order valence-electron chi connectivity index (χ0n) is 39.8. The molecule has 0 atom stereocenters. The van der Waals surface area contributed by atoms with Crippen LogP contribution in [0.2, 0.25) is 0 Å². The maximum absolute atomic E-state index is 15.6. The molecule has 6 heteroatoms. The number of nitriles is 1. The molecular formula is C61H56F3N3. The lowest BCUT2D eigenvalue weighted by Crippen LogP contribution is -2.12. The van der Waals surface area contributed by atoms with Crippen LogP contribution in [0.5, 0.6) is 0 Å². The van der Waals surface area contributed by atoms with Crippen LogP contribution in [-0.4, -0.2) is 9.13 Å². The lowest BCUT2D eigenvalue weighted by molar-refractivity contribution is -0.137. The minimum atomic E-state index is -4.72. The third-order valence-electron chi connectivity index (χ3n) is 11.9. The first-order valence-electron chi connectivity index (χ1n) is 23.0. The molecule has 0 aliphatic carbocycles. The number of allylic oxidation sites excluding steroid dienone is 1. The number of hydrogen-bond acceptors (Lipinski definition) is 1. The topological polar surface area (TPSA) is 33.6 Å². The predicted octanol–water partition coefficient (Wildman–Crippen LogP) is 18.3. The van der Waals surface area contributed by atoms with Crippen molar-refractivity contribution in [3.05, 3.63) is 204 Å². The van der Waals surface area contributed by atoms with Crippen molar-refractivity contribution in [1.29, 1.82) is 5.26 Å². The van der Waals surface area contributed by atoms with Crippen LogP contribution in [0.1, 0.15) is 68.0 Å². The Morgan fingerprint density at radius 1 is 0.478 bits per heavy atom. The number of hydrogen-bond donors (Lipinski definition) is 0. The molecule has 10 rings (SSSR count). The maximum Gasteiger partial charge on any atom is 0.417 e. The molecule has 8 aromatic carbocycles. The molecule has 0 spiro atoms. The van der Waals surface area contributed by atoms with E-state index in [-0.39, 0.29) is 11.1 Å². The van der Waals surface area contributed by atoms with Gasteiger partial charge in [-0.3, -0.25) is 0 Å². The second kappa shape index (κ2) is 19.9. The molecule has 3 nitrogen and oxygen atoms in total. The van der Waals surface area contributed by atoms with Crippen molar-refractivity contribution >= 4 is 43.6 Å². The Kier molecular flexibility index (Phi) is 14.0. The van der Waals surface area contributed by atoms with Gasteiger partial charge in [-0.05, 0) is 140 Å². The summed E-state index contributed by atoms with van der Waals surface area (Å²) in [6.07, 6.45) is -2.97. The summed E-state index contributed by atoms with van der Waals surface area (Å²) in [5, 5.41) is 13.7. The van der Waals surface area contributed by atoms with Gasteiger partial charge in [-0.25, -0.2) is 0 Å². The lowest BCUT2D eigenvalue weighted by atomic mass is 9.95. The second-order valence-corrected chi connectivity index (χ2v) is 16.3. The van der Waals surface area contributed by atoms with Gasteiger partial charge in [-0.2, -0.15) is 18.4 Å². The van der Waals surface area contributed by atoms with Gasteiger partial charge in [0.05, 0.1) is 50.6 Å². The van der Waals surface area contributed by atoms with E-state index < -0.39 is 11.7 Å². The van der Waals surface area contributed by atoms with E-state index in [4.69, 9.17) is 0 Å². The molecular weight excluding hydrogens is 832 g/mol. The summed E-state index contributed by atoms with van der Waals surface area (Å²) in [5.74, 6) is 0. The van der Waals surface area contributed by atoms with Gasteiger partial charge in [0.2, 0.25) is 0 Å². The van der Waals surface area contributed by atoms with Crippen molar-refractivity contribution in [2.45, 2.75) is 68.5 Å². The monoisotopic (exact) mass is 887 g/mol. The fourth-order valence-corrected chi connectivity index (χ4v) is 9.24. The third-order valence-corrected chi connectivity index (χ3v) is 11.9. The number of aromatic nitrogens is 2. The summed E-state index contributed by atoms with van der Waals surface area (Å²) < 4.78 is 51.0. The fraction of sp³-hybridized carbons (Fsp3) is 0.164. The van der Waals surface area contributed by atoms with Crippen molar-refractivity contribution < 1.29 is 13.2 Å². The average Bonchev–Trinajstić information content (AvgIpc) is 3.84. The van der Waals surface area contributed by atoms with E-state index in [1.807, 2.05) is 87.7 Å². The van der Waals surface area contributed by atoms with Crippen LogP contribution in [0, 0.1) is 39.0 Å². The van der Waals surface area contributed by atoms with Crippen molar-refractivity contribution in [3.8, 4) is 50.8 Å². The Bertz CT molecular complexity index is 3480. The number of alkyl halides is 3. The fourth-order valence-electron chi connectivity index (χ4n) is 9.24. The molecule has 0 bridgehead atoms. The maximum atomic E-state index is 15.6. The van der Waals surface area contributed by atoms with Gasteiger partial charge in [0.15, 0.2) is 0 Å². The zero-order chi connectivity index (χ0) is 48.2. The Morgan fingerprint density at radius 3 is 1.36 bits per heavy atom. The smallest absolute Gasteiger partial charge is 0.307 e. The van der Waals surface area contributed by atoms with E-state index in [2.05, 4.69) is 118 Å². The van der Waals surface area contributed by atoms with E-state index in [0.29, 0.717) is 16.9 Å². The highest BCUT2D eigenvalue weighted by atomic mass is 19.4. The number of para-hydroxylation sites is 2. The summed E-state index contributed by atoms with van der Waals surface area (Å²) in [5.41, 5.74) is 13.1. The number of aryl methyl sites for hydroxylation is 4. The molecule has 0 unspecified atom stereocenters. The van der Waals surface area contributed by atoms with Crippen LogP contribution in [0.3, 0.4) is 0 Å². The van der Waals surface area contributed by atoms with Crippen molar-refractivity contribution in [2.24, 2.45) is 0 Å². The van der Waals surface area contributed by atoms with E-state index in [9.17, 15) is 5.26 Å². The molecule has 0 saturated heterocycles. The normalized spacial score (nSPS) is 11.0. The molecule has 336 valence electrons. The van der Waals surface area contributed by atoms with Crippen molar-refractivity contribution in [1.82, 2.24) is 9.13 Å². The van der Waals surface area contributed by atoms with Crippen molar-refractivity contribution in [2.75, 3.05) is 0 Å². The molecule has 0 N–H and O–H groups in total. The quantitative estimate of drug-likeness (QED) is 0.159. The molecule has 0 amide bonds. The molecule has 0 aliphatic rings. The number of benzene rings is 8. The highest BCUT2D eigenvalue weighted by Gasteiger charge is 2.36. The van der Waals surface area contributed by atoms with E-state index in [1.165, 1.54) is 28.8 Å². The minimum Gasteiger partial charge on any atom is -0.307 e. The summed E-state index contributed by atoms with van der Waals surface area (Å²) in [6, 6.07) is 53.0. The molecule has 0 fully saturated rings. The first kappa shape index (κ1) is 47.3. The average molecular weight is 888 g/mol. The van der Waals surface area contributed by atoms with Crippen LogP contribution in [0.4, 0.5) is 13.2 Å². The lowest BCUT2D eigenvalue weighted by Gasteiger charge is -2.22. The first-order valence-corrected chi connectivity index (χ1v) is 23.0. The van der Waals surface area contributed by atoms with Crippen LogP contribution in [-0.2, 0) is 6.18 Å².